The molecule has 0 unspecified atom stereocenters. The van der Waals surface area contributed by atoms with Crippen LogP contribution in [0.3, 0.4) is 0 Å². The smallest absolute Gasteiger partial charge is 0.141 e. The molecule has 4 nitrogen and oxygen atoms in total. The molecule has 0 saturated carbocycles. The van der Waals surface area contributed by atoms with E-state index in [2.05, 4.69) is 11.4 Å². The molecule has 0 aromatic heterocycles. The third-order valence-electron chi connectivity index (χ3n) is 3.38. The minimum absolute atomic E-state index is 0.670. The van der Waals surface area contributed by atoms with Crippen molar-refractivity contribution < 1.29 is 9.47 Å². The maximum Gasteiger partial charge on any atom is 0.141 e. The SMILES string of the molecule is CNCc1c2c(c(C#N)c3c1OCC3)OCC2. The summed E-state index contributed by atoms with van der Waals surface area (Å²) < 4.78 is 11.3. The summed E-state index contributed by atoms with van der Waals surface area (Å²) in [6, 6.07) is 2.27. The van der Waals surface area contributed by atoms with E-state index in [9.17, 15) is 5.26 Å². The molecule has 2 heterocycles. The lowest BCUT2D eigenvalue weighted by atomic mass is 9.94. The van der Waals surface area contributed by atoms with E-state index in [4.69, 9.17) is 9.47 Å². The van der Waals surface area contributed by atoms with Gasteiger partial charge in [0.15, 0.2) is 0 Å². The molecule has 0 radical (unpaired) electrons. The molecule has 1 N–H and O–H groups in total. The zero-order valence-corrected chi connectivity index (χ0v) is 9.80. The molecule has 0 aliphatic carbocycles. The van der Waals surface area contributed by atoms with Crippen molar-refractivity contribution in [3.8, 4) is 17.6 Å². The summed E-state index contributed by atoms with van der Waals surface area (Å²) in [5.41, 5.74) is 4.03. The van der Waals surface area contributed by atoms with Crippen molar-refractivity contribution in [2.24, 2.45) is 0 Å². The summed E-state index contributed by atoms with van der Waals surface area (Å²) in [7, 11) is 1.92. The van der Waals surface area contributed by atoms with Gasteiger partial charge in [-0.05, 0) is 7.05 Å². The lowest BCUT2D eigenvalue weighted by molar-refractivity contribution is 0.352. The first kappa shape index (κ1) is 10.4. The summed E-state index contributed by atoms with van der Waals surface area (Å²) in [5.74, 6) is 1.71. The van der Waals surface area contributed by atoms with E-state index >= 15 is 0 Å². The van der Waals surface area contributed by atoms with Crippen molar-refractivity contribution in [2.45, 2.75) is 19.4 Å². The quantitative estimate of drug-likeness (QED) is 0.828. The van der Waals surface area contributed by atoms with Gasteiger partial charge in [-0.25, -0.2) is 0 Å². The molecule has 88 valence electrons. The van der Waals surface area contributed by atoms with E-state index in [1.54, 1.807) is 0 Å². The molecule has 0 fully saturated rings. The number of rotatable bonds is 2. The van der Waals surface area contributed by atoms with Gasteiger partial charge in [-0.15, -0.1) is 0 Å². The second-order valence-corrected chi connectivity index (χ2v) is 4.31. The Morgan fingerprint density at radius 2 is 1.88 bits per heavy atom. The van der Waals surface area contributed by atoms with Crippen LogP contribution in [0, 0.1) is 11.3 Å². The Morgan fingerprint density at radius 3 is 2.59 bits per heavy atom. The van der Waals surface area contributed by atoms with Crippen molar-refractivity contribution in [3.63, 3.8) is 0 Å². The molecule has 0 saturated heterocycles. The van der Waals surface area contributed by atoms with E-state index < -0.39 is 0 Å². The predicted octanol–water partition coefficient (Wildman–Crippen LogP) is 1.15. The lowest BCUT2D eigenvalue weighted by Crippen LogP contribution is -2.09. The molecule has 0 atom stereocenters. The van der Waals surface area contributed by atoms with E-state index in [0.717, 1.165) is 42.0 Å². The maximum absolute atomic E-state index is 9.29. The van der Waals surface area contributed by atoms with Gasteiger partial charge < -0.3 is 14.8 Å². The Morgan fingerprint density at radius 1 is 1.18 bits per heavy atom. The second kappa shape index (κ2) is 3.94. The van der Waals surface area contributed by atoms with Crippen LogP contribution in [0.15, 0.2) is 0 Å². The van der Waals surface area contributed by atoms with Crippen LogP contribution < -0.4 is 14.8 Å². The first-order chi connectivity index (χ1) is 8.36. The first-order valence-corrected chi connectivity index (χ1v) is 5.87. The number of nitrogens with one attached hydrogen (secondary N) is 1. The van der Waals surface area contributed by atoms with Crippen LogP contribution >= 0.6 is 0 Å². The van der Waals surface area contributed by atoms with E-state index in [0.29, 0.717) is 18.8 Å². The Balaban J connectivity index is 2.27. The van der Waals surface area contributed by atoms with E-state index in [1.165, 1.54) is 5.56 Å². The topological polar surface area (TPSA) is 54.3 Å². The molecule has 2 aliphatic heterocycles. The average Bonchev–Trinajstić information content (AvgIpc) is 2.96. The van der Waals surface area contributed by atoms with Gasteiger partial charge in [0.05, 0.1) is 13.2 Å². The second-order valence-electron chi connectivity index (χ2n) is 4.31. The number of nitriles is 1. The third kappa shape index (κ3) is 1.39. The van der Waals surface area contributed by atoms with E-state index in [-0.39, 0.29) is 0 Å². The van der Waals surface area contributed by atoms with Gasteiger partial charge in [-0.3, -0.25) is 0 Å². The summed E-state index contributed by atoms with van der Waals surface area (Å²) in [6.45, 7) is 2.10. The molecule has 17 heavy (non-hydrogen) atoms. The molecule has 1 aromatic rings. The van der Waals surface area contributed by atoms with Crippen molar-refractivity contribution in [2.75, 3.05) is 20.3 Å². The van der Waals surface area contributed by atoms with Crippen LogP contribution in [0.4, 0.5) is 0 Å². The highest BCUT2D eigenvalue weighted by atomic mass is 16.5. The number of benzene rings is 1. The highest BCUT2D eigenvalue weighted by Crippen LogP contribution is 2.43. The zero-order chi connectivity index (χ0) is 11.8. The molecular weight excluding hydrogens is 216 g/mol. The summed E-state index contributed by atoms with van der Waals surface area (Å²) >= 11 is 0. The minimum Gasteiger partial charge on any atom is -0.493 e. The van der Waals surface area contributed by atoms with Crippen molar-refractivity contribution >= 4 is 0 Å². The number of hydrogen-bond donors (Lipinski definition) is 1. The zero-order valence-electron chi connectivity index (χ0n) is 9.80. The summed E-state index contributed by atoms with van der Waals surface area (Å²) in [5, 5.41) is 12.4. The fourth-order valence-corrected chi connectivity index (χ4v) is 2.69. The molecule has 0 bridgehead atoms. The van der Waals surface area contributed by atoms with Crippen molar-refractivity contribution in [1.82, 2.24) is 5.32 Å². The largest absolute Gasteiger partial charge is 0.493 e. The Kier molecular flexibility index (Phi) is 2.41. The molecule has 0 spiro atoms. The molecule has 2 aliphatic rings. The van der Waals surface area contributed by atoms with Crippen LogP contribution in [0.25, 0.3) is 0 Å². The fraction of sp³-hybridized carbons (Fsp3) is 0.462. The number of hydrogen-bond acceptors (Lipinski definition) is 4. The molecule has 4 heteroatoms. The highest BCUT2D eigenvalue weighted by Gasteiger charge is 2.30. The Bertz CT molecular complexity index is 482. The molecular formula is C13H14N2O2. The molecule has 0 amide bonds. The van der Waals surface area contributed by atoms with Gasteiger partial charge in [-0.1, -0.05) is 0 Å². The van der Waals surface area contributed by atoms with Gasteiger partial charge in [0.1, 0.15) is 23.1 Å². The van der Waals surface area contributed by atoms with Crippen molar-refractivity contribution in [3.05, 3.63) is 22.3 Å². The standard InChI is InChI=1S/C13H14N2O2/c1-15-7-11-9-3-5-16-12(9)10(6-14)8-2-4-17-13(8)11/h15H,2-5,7H2,1H3. The van der Waals surface area contributed by atoms with Gasteiger partial charge in [0.25, 0.3) is 0 Å². The normalized spacial score (nSPS) is 15.8. The van der Waals surface area contributed by atoms with Gasteiger partial charge >= 0.3 is 0 Å². The number of fused-ring (bicyclic) bond motifs is 2. The first-order valence-electron chi connectivity index (χ1n) is 5.87. The minimum atomic E-state index is 0.670. The third-order valence-corrected chi connectivity index (χ3v) is 3.38. The van der Waals surface area contributed by atoms with Gasteiger partial charge in [0, 0.05) is 36.1 Å². The summed E-state index contributed by atoms with van der Waals surface area (Å²) in [4.78, 5) is 0. The fourth-order valence-electron chi connectivity index (χ4n) is 2.69. The van der Waals surface area contributed by atoms with Crippen LogP contribution in [0.1, 0.15) is 22.3 Å². The van der Waals surface area contributed by atoms with Gasteiger partial charge in [0.2, 0.25) is 0 Å². The summed E-state index contributed by atoms with van der Waals surface area (Å²) in [6.07, 6.45) is 1.68. The van der Waals surface area contributed by atoms with Crippen LogP contribution in [0.5, 0.6) is 11.5 Å². The molecule has 1 aromatic carbocycles. The van der Waals surface area contributed by atoms with Crippen LogP contribution in [-0.2, 0) is 19.4 Å². The van der Waals surface area contributed by atoms with Gasteiger partial charge in [-0.2, -0.15) is 5.26 Å². The lowest BCUT2D eigenvalue weighted by Gasteiger charge is -2.14. The number of ether oxygens (including phenoxy) is 2. The average molecular weight is 230 g/mol. The van der Waals surface area contributed by atoms with Crippen LogP contribution in [-0.4, -0.2) is 20.3 Å². The van der Waals surface area contributed by atoms with Crippen LogP contribution in [0.2, 0.25) is 0 Å². The van der Waals surface area contributed by atoms with Crippen molar-refractivity contribution in [1.29, 1.82) is 5.26 Å². The predicted molar refractivity (Wildman–Crippen MR) is 62.3 cm³/mol. The monoisotopic (exact) mass is 230 g/mol. The Hall–Kier alpha value is -1.73. The van der Waals surface area contributed by atoms with E-state index in [1.807, 2.05) is 7.05 Å². The molecule has 3 rings (SSSR count). The number of nitrogens with zero attached hydrogens (tertiary/aromatic N) is 1. The Labute approximate surface area is 100 Å². The highest BCUT2D eigenvalue weighted by molar-refractivity contribution is 5.65. The maximum atomic E-state index is 9.29.